The Hall–Kier alpha value is -4.14. The van der Waals surface area contributed by atoms with Crippen LogP contribution in [-0.2, 0) is 6.54 Å². The van der Waals surface area contributed by atoms with Crippen LogP contribution >= 0.6 is 0 Å². The molecule has 0 unspecified atom stereocenters. The molecule has 3 rings (SSSR count). The molecule has 0 aliphatic carbocycles. The van der Waals surface area contributed by atoms with E-state index in [1.165, 1.54) is 11.9 Å². The lowest BCUT2D eigenvalue weighted by molar-refractivity contribution is 0.0953. The van der Waals surface area contributed by atoms with E-state index in [9.17, 15) is 4.79 Å². The van der Waals surface area contributed by atoms with Crippen LogP contribution in [0.2, 0.25) is 0 Å². The Bertz CT molecular complexity index is 1150. The van der Waals surface area contributed by atoms with E-state index in [4.69, 9.17) is 9.47 Å². The van der Waals surface area contributed by atoms with E-state index >= 15 is 0 Å². The topological polar surface area (TPSA) is 94.4 Å². The van der Waals surface area contributed by atoms with Crippen molar-refractivity contribution in [3.8, 4) is 22.9 Å². The highest BCUT2D eigenvalue weighted by atomic mass is 16.5. The van der Waals surface area contributed by atoms with Crippen LogP contribution in [0.1, 0.15) is 22.8 Å². The predicted molar refractivity (Wildman–Crippen MR) is 131 cm³/mol. The maximum atomic E-state index is 13.0. The number of likely N-dealkylation sites (N-methyl/N-ethyl adjacent to an activating group) is 1. The Morgan fingerprint density at radius 1 is 1.18 bits per heavy atom. The smallest absolute Gasteiger partial charge is 0.255 e. The van der Waals surface area contributed by atoms with Gasteiger partial charge in [0, 0.05) is 25.7 Å². The molecule has 1 heterocycles. The highest BCUT2D eigenvalue weighted by molar-refractivity contribution is 5.98. The highest BCUT2D eigenvalue weighted by Gasteiger charge is 2.16. The number of nitrogens with one attached hydrogen (secondary N) is 1. The maximum Gasteiger partial charge on any atom is 0.255 e. The first kappa shape index (κ1) is 24.5. The number of allylic oxidation sites excluding steroid dienone is 1. The first-order valence-corrected chi connectivity index (χ1v) is 10.8. The van der Waals surface area contributed by atoms with Crippen molar-refractivity contribution in [1.29, 1.82) is 0 Å². The number of nitrogens with zero attached hydrogens (tertiary/aromatic N) is 5. The summed E-state index contributed by atoms with van der Waals surface area (Å²) < 4.78 is 10.6. The minimum atomic E-state index is -0.245. The Kier molecular flexibility index (Phi) is 8.39. The molecule has 1 N–H and O–H groups in total. The Labute approximate surface area is 199 Å². The van der Waals surface area contributed by atoms with Gasteiger partial charge in [0.25, 0.3) is 5.91 Å². The van der Waals surface area contributed by atoms with Crippen molar-refractivity contribution in [3.63, 3.8) is 0 Å². The van der Waals surface area contributed by atoms with E-state index in [1.807, 2.05) is 49.2 Å². The minimum Gasteiger partial charge on any atom is -0.497 e. The fourth-order valence-electron chi connectivity index (χ4n) is 3.27. The third-order valence-corrected chi connectivity index (χ3v) is 5.29. The van der Waals surface area contributed by atoms with Crippen LogP contribution in [0.4, 0.5) is 0 Å². The molecule has 0 aliphatic rings. The second-order valence-corrected chi connectivity index (χ2v) is 7.63. The fraction of sp³-hybridized carbons (Fsp3) is 0.280. The van der Waals surface area contributed by atoms with Gasteiger partial charge < -0.3 is 19.7 Å². The van der Waals surface area contributed by atoms with Crippen LogP contribution in [-0.4, -0.2) is 65.4 Å². The molecule has 0 bridgehead atoms. The Balaban J connectivity index is 1.74. The van der Waals surface area contributed by atoms with Crippen LogP contribution in [0.3, 0.4) is 0 Å². The second-order valence-electron chi connectivity index (χ2n) is 7.63. The van der Waals surface area contributed by atoms with Crippen molar-refractivity contribution in [3.05, 3.63) is 78.0 Å². The average molecular weight is 463 g/mol. The first-order valence-electron chi connectivity index (χ1n) is 10.8. The van der Waals surface area contributed by atoms with Gasteiger partial charge in [-0.05, 0) is 59.8 Å². The standard InChI is InChI=1S/C25H30N6O3/c1-6-18(16-30(3)7-2)15-26-25(32)22-14-20(10-13-23(22)34-5)24-27-29-31(28-24)17-19-8-11-21(33-4)12-9-19/h6-14H,2,15-17H2,1,3-5H3,(H,26,32)/b18-6-. The zero-order valence-electron chi connectivity index (χ0n) is 20.0. The summed E-state index contributed by atoms with van der Waals surface area (Å²) in [6.07, 6.45) is 3.73. The molecule has 0 atom stereocenters. The third kappa shape index (κ3) is 6.22. The normalized spacial score (nSPS) is 11.1. The van der Waals surface area contributed by atoms with Crippen molar-refractivity contribution in [2.24, 2.45) is 0 Å². The number of benzene rings is 2. The van der Waals surface area contributed by atoms with Crippen molar-refractivity contribution in [2.75, 3.05) is 34.4 Å². The quantitative estimate of drug-likeness (QED) is 0.438. The van der Waals surface area contributed by atoms with Crippen LogP contribution in [0.5, 0.6) is 11.5 Å². The Morgan fingerprint density at radius 3 is 2.59 bits per heavy atom. The molecule has 0 radical (unpaired) electrons. The van der Waals surface area contributed by atoms with E-state index in [1.54, 1.807) is 31.5 Å². The van der Waals surface area contributed by atoms with Gasteiger partial charge in [-0.3, -0.25) is 4.79 Å². The number of rotatable bonds is 11. The molecule has 9 nitrogen and oxygen atoms in total. The van der Waals surface area contributed by atoms with Crippen LogP contribution in [0.25, 0.3) is 11.4 Å². The molecule has 2 aromatic carbocycles. The van der Waals surface area contributed by atoms with Gasteiger partial charge in [0.05, 0.1) is 26.3 Å². The molecule has 0 saturated carbocycles. The fourth-order valence-corrected chi connectivity index (χ4v) is 3.27. The number of carbonyl (C=O) groups is 1. The van der Waals surface area contributed by atoms with Crippen LogP contribution in [0, 0.1) is 0 Å². The van der Waals surface area contributed by atoms with Crippen LogP contribution < -0.4 is 14.8 Å². The molecule has 1 aromatic heterocycles. The van der Waals surface area contributed by atoms with Gasteiger partial charge in [-0.2, -0.15) is 4.80 Å². The summed E-state index contributed by atoms with van der Waals surface area (Å²) in [5, 5.41) is 15.7. The number of hydrogen-bond donors (Lipinski definition) is 1. The summed E-state index contributed by atoms with van der Waals surface area (Å²) >= 11 is 0. The highest BCUT2D eigenvalue weighted by Crippen LogP contribution is 2.24. The summed E-state index contributed by atoms with van der Waals surface area (Å²) in [5.41, 5.74) is 3.15. The molecule has 9 heteroatoms. The molecular weight excluding hydrogens is 432 g/mol. The van der Waals surface area contributed by atoms with E-state index < -0.39 is 0 Å². The number of carbonyl (C=O) groups excluding carboxylic acids is 1. The molecule has 3 aromatic rings. The van der Waals surface area contributed by atoms with Gasteiger partial charge in [0.1, 0.15) is 11.5 Å². The lowest BCUT2D eigenvalue weighted by Gasteiger charge is -2.17. The van der Waals surface area contributed by atoms with E-state index in [0.717, 1.165) is 16.9 Å². The van der Waals surface area contributed by atoms with E-state index in [0.29, 0.717) is 42.3 Å². The lowest BCUT2D eigenvalue weighted by Crippen LogP contribution is -2.29. The molecule has 1 amide bonds. The molecule has 0 fully saturated rings. The minimum absolute atomic E-state index is 0.245. The Morgan fingerprint density at radius 2 is 1.94 bits per heavy atom. The number of ether oxygens (including phenoxy) is 2. The van der Waals surface area contributed by atoms with Crippen molar-refractivity contribution >= 4 is 5.91 Å². The van der Waals surface area contributed by atoms with Crippen molar-refractivity contribution in [2.45, 2.75) is 13.5 Å². The van der Waals surface area contributed by atoms with Gasteiger partial charge >= 0.3 is 0 Å². The molecular formula is C25H30N6O3. The monoisotopic (exact) mass is 462 g/mol. The average Bonchev–Trinajstić information content (AvgIpc) is 3.34. The summed E-state index contributed by atoms with van der Waals surface area (Å²) in [5.74, 6) is 1.43. The lowest BCUT2D eigenvalue weighted by atomic mass is 10.1. The van der Waals surface area contributed by atoms with Crippen molar-refractivity contribution in [1.82, 2.24) is 30.4 Å². The van der Waals surface area contributed by atoms with E-state index in [2.05, 4.69) is 27.3 Å². The zero-order chi connectivity index (χ0) is 24.5. The van der Waals surface area contributed by atoms with Crippen molar-refractivity contribution < 1.29 is 14.3 Å². The number of tetrazole rings is 1. The summed E-state index contributed by atoms with van der Waals surface area (Å²) in [6.45, 7) is 7.26. The maximum absolute atomic E-state index is 13.0. The van der Waals surface area contributed by atoms with E-state index in [-0.39, 0.29) is 5.91 Å². The van der Waals surface area contributed by atoms with Gasteiger partial charge in [-0.1, -0.05) is 24.8 Å². The second kappa shape index (κ2) is 11.6. The van der Waals surface area contributed by atoms with Crippen LogP contribution in [0.15, 0.2) is 66.9 Å². The number of aromatic nitrogens is 4. The first-order chi connectivity index (χ1) is 16.5. The zero-order valence-corrected chi connectivity index (χ0v) is 20.0. The van der Waals surface area contributed by atoms with Gasteiger partial charge in [0.2, 0.25) is 5.82 Å². The summed E-state index contributed by atoms with van der Waals surface area (Å²) in [7, 11) is 5.09. The van der Waals surface area contributed by atoms with Gasteiger partial charge in [-0.15, -0.1) is 10.2 Å². The molecule has 0 saturated heterocycles. The number of hydrogen-bond acceptors (Lipinski definition) is 7. The molecule has 34 heavy (non-hydrogen) atoms. The number of amides is 1. The third-order valence-electron chi connectivity index (χ3n) is 5.29. The largest absolute Gasteiger partial charge is 0.497 e. The number of methoxy groups -OCH3 is 2. The van der Waals surface area contributed by atoms with Gasteiger partial charge in [0.15, 0.2) is 0 Å². The molecule has 178 valence electrons. The summed E-state index contributed by atoms with van der Waals surface area (Å²) in [6, 6.07) is 12.9. The van der Waals surface area contributed by atoms with Gasteiger partial charge in [-0.25, -0.2) is 0 Å². The molecule has 0 spiro atoms. The SMILES string of the molecule is C=CN(C)C/C(=C\C)CNC(=O)c1cc(-c2nnn(Cc3ccc(OC)cc3)n2)ccc1OC. The summed E-state index contributed by atoms with van der Waals surface area (Å²) in [4.78, 5) is 16.4. The predicted octanol–water partition coefficient (Wildman–Crippen LogP) is 3.16. The molecule has 0 aliphatic heterocycles.